The molecule has 1 saturated heterocycles. The van der Waals surface area contributed by atoms with Crippen molar-refractivity contribution in [1.82, 2.24) is 4.90 Å². The summed E-state index contributed by atoms with van der Waals surface area (Å²) in [6.07, 6.45) is 3.18. The summed E-state index contributed by atoms with van der Waals surface area (Å²) in [6, 6.07) is 11.0. The minimum Gasteiger partial charge on any atom is -0.339 e. The first-order valence-electron chi connectivity index (χ1n) is 8.55. The van der Waals surface area contributed by atoms with Crippen molar-refractivity contribution in [2.75, 3.05) is 17.8 Å². The van der Waals surface area contributed by atoms with Crippen LogP contribution in [-0.2, 0) is 10.0 Å². The minimum atomic E-state index is -3.74. The lowest BCUT2D eigenvalue weighted by molar-refractivity contribution is 0.0724. The van der Waals surface area contributed by atoms with Crippen LogP contribution in [0.3, 0.4) is 0 Å². The maximum atomic E-state index is 12.5. The highest BCUT2D eigenvalue weighted by Gasteiger charge is 2.20. The third-order valence-electron chi connectivity index (χ3n) is 4.48. The molecule has 0 aromatic heterocycles. The van der Waals surface area contributed by atoms with Gasteiger partial charge in [-0.2, -0.15) is 0 Å². The van der Waals surface area contributed by atoms with Gasteiger partial charge < -0.3 is 4.90 Å². The third-order valence-corrected chi connectivity index (χ3v) is 6.28. The Balaban J connectivity index is 1.76. The number of anilines is 1. The average Bonchev–Trinajstić information content (AvgIpc) is 2.65. The molecule has 5 nitrogen and oxygen atoms in total. The number of benzene rings is 2. The smallest absolute Gasteiger partial charge is 0.261 e. The molecule has 0 radical (unpaired) electrons. The van der Waals surface area contributed by atoms with Gasteiger partial charge in [0.15, 0.2) is 0 Å². The molecule has 2 aromatic rings. The number of nitrogens with one attached hydrogen (secondary N) is 1. The average molecular weight is 393 g/mol. The van der Waals surface area contributed by atoms with Gasteiger partial charge in [0, 0.05) is 23.7 Å². The lowest BCUT2D eigenvalue weighted by Crippen LogP contribution is -2.35. The normalized spacial score (nSPS) is 14.9. The van der Waals surface area contributed by atoms with E-state index < -0.39 is 10.0 Å². The van der Waals surface area contributed by atoms with Gasteiger partial charge >= 0.3 is 0 Å². The number of nitrogens with zero attached hydrogens (tertiary/aromatic N) is 1. The number of hydrogen-bond donors (Lipinski definition) is 1. The van der Waals surface area contributed by atoms with Gasteiger partial charge in [-0.3, -0.25) is 9.52 Å². The van der Waals surface area contributed by atoms with Crippen molar-refractivity contribution >= 4 is 33.2 Å². The van der Waals surface area contributed by atoms with Crippen LogP contribution in [0.4, 0.5) is 5.69 Å². The number of carbonyl (C=O) groups excluding carboxylic acids is 1. The zero-order valence-corrected chi connectivity index (χ0v) is 16.1. The van der Waals surface area contributed by atoms with Crippen LogP contribution in [0.25, 0.3) is 0 Å². The summed E-state index contributed by atoms with van der Waals surface area (Å²) in [4.78, 5) is 14.4. The second-order valence-electron chi connectivity index (χ2n) is 6.45. The van der Waals surface area contributed by atoms with Crippen LogP contribution in [0, 0.1) is 6.92 Å². The number of rotatable bonds is 4. The van der Waals surface area contributed by atoms with Crippen LogP contribution < -0.4 is 4.72 Å². The van der Waals surface area contributed by atoms with Crippen molar-refractivity contribution in [2.24, 2.45) is 0 Å². The first kappa shape index (κ1) is 18.7. The first-order valence-corrected chi connectivity index (χ1v) is 10.4. The van der Waals surface area contributed by atoms with E-state index in [1.165, 1.54) is 12.1 Å². The van der Waals surface area contributed by atoms with Gasteiger partial charge in [0.05, 0.1) is 10.6 Å². The maximum absolute atomic E-state index is 12.5. The molecule has 26 heavy (non-hydrogen) atoms. The van der Waals surface area contributed by atoms with Gasteiger partial charge in [-0.15, -0.1) is 0 Å². The fraction of sp³-hybridized carbons (Fsp3) is 0.316. The quantitative estimate of drug-likeness (QED) is 0.852. The van der Waals surface area contributed by atoms with Gasteiger partial charge in [0.1, 0.15) is 0 Å². The molecule has 1 aliphatic rings. The summed E-state index contributed by atoms with van der Waals surface area (Å²) in [5.41, 5.74) is 1.77. The molecule has 1 N–H and O–H groups in total. The molecule has 1 amide bonds. The molecule has 3 rings (SSSR count). The molecule has 1 fully saturated rings. The summed E-state index contributed by atoms with van der Waals surface area (Å²) in [5.74, 6) is -0.0491. The highest BCUT2D eigenvalue weighted by molar-refractivity contribution is 7.92. The fourth-order valence-electron chi connectivity index (χ4n) is 2.93. The summed E-state index contributed by atoms with van der Waals surface area (Å²) in [7, 11) is -3.74. The zero-order valence-electron chi connectivity index (χ0n) is 14.5. The Hall–Kier alpha value is -2.05. The lowest BCUT2D eigenvalue weighted by atomic mass is 10.1. The Bertz CT molecular complexity index is 905. The van der Waals surface area contributed by atoms with Crippen molar-refractivity contribution < 1.29 is 13.2 Å². The topological polar surface area (TPSA) is 66.5 Å². The van der Waals surface area contributed by atoms with E-state index in [1.807, 2.05) is 11.8 Å². The van der Waals surface area contributed by atoms with Crippen molar-refractivity contribution in [3.05, 3.63) is 58.6 Å². The molecule has 2 aromatic carbocycles. The van der Waals surface area contributed by atoms with Gasteiger partial charge in [-0.1, -0.05) is 17.7 Å². The molecule has 0 aliphatic carbocycles. The molecular weight excluding hydrogens is 372 g/mol. The predicted molar refractivity (Wildman–Crippen MR) is 103 cm³/mol. The number of halogens is 1. The van der Waals surface area contributed by atoms with Crippen LogP contribution in [0.5, 0.6) is 0 Å². The number of amides is 1. The summed E-state index contributed by atoms with van der Waals surface area (Å²) < 4.78 is 27.6. The van der Waals surface area contributed by atoms with Crippen molar-refractivity contribution in [3.63, 3.8) is 0 Å². The number of likely N-dealkylation sites (tertiary alicyclic amines) is 1. The molecule has 0 spiro atoms. The van der Waals surface area contributed by atoms with Crippen molar-refractivity contribution in [1.29, 1.82) is 0 Å². The molecular formula is C19H21ClN2O3S. The zero-order chi connectivity index (χ0) is 18.7. The van der Waals surface area contributed by atoms with Crippen LogP contribution in [0.1, 0.15) is 35.2 Å². The van der Waals surface area contributed by atoms with Gasteiger partial charge in [0.2, 0.25) is 0 Å². The van der Waals surface area contributed by atoms with E-state index in [-0.39, 0.29) is 10.8 Å². The number of sulfonamides is 1. The molecule has 0 bridgehead atoms. The first-order chi connectivity index (χ1) is 12.4. The highest BCUT2D eigenvalue weighted by atomic mass is 35.5. The van der Waals surface area contributed by atoms with E-state index in [0.29, 0.717) is 16.3 Å². The summed E-state index contributed by atoms with van der Waals surface area (Å²) in [6.45, 7) is 3.36. The highest BCUT2D eigenvalue weighted by Crippen LogP contribution is 2.23. The van der Waals surface area contributed by atoms with Gasteiger partial charge in [0.25, 0.3) is 15.9 Å². The predicted octanol–water partition coefficient (Wildman–Crippen LogP) is 4.08. The Kier molecular flexibility index (Phi) is 5.53. The number of piperidine rings is 1. The number of hydrogen-bond acceptors (Lipinski definition) is 3. The monoisotopic (exact) mass is 392 g/mol. The molecule has 7 heteroatoms. The fourth-order valence-corrected chi connectivity index (χ4v) is 4.16. The van der Waals surface area contributed by atoms with Crippen LogP contribution >= 0.6 is 11.6 Å². The SMILES string of the molecule is Cc1ccc(NS(=O)(=O)c2ccc(C(=O)N3CCCCC3)cc2)cc1Cl. The van der Waals surface area contributed by atoms with E-state index in [0.717, 1.165) is 37.9 Å². The minimum absolute atomic E-state index is 0.0491. The Morgan fingerprint density at radius 3 is 2.31 bits per heavy atom. The molecule has 0 atom stereocenters. The summed E-state index contributed by atoms with van der Waals surface area (Å²) in [5, 5.41) is 0.493. The maximum Gasteiger partial charge on any atom is 0.261 e. The van der Waals surface area contributed by atoms with E-state index in [9.17, 15) is 13.2 Å². The Morgan fingerprint density at radius 1 is 1.04 bits per heavy atom. The van der Waals surface area contributed by atoms with Gasteiger partial charge in [-0.05, 0) is 68.1 Å². The van der Waals surface area contributed by atoms with Crippen LogP contribution in [0.2, 0.25) is 5.02 Å². The molecule has 1 heterocycles. The Morgan fingerprint density at radius 2 is 1.69 bits per heavy atom. The molecule has 1 aliphatic heterocycles. The van der Waals surface area contributed by atoms with Crippen LogP contribution in [0.15, 0.2) is 47.4 Å². The van der Waals surface area contributed by atoms with E-state index in [1.54, 1.807) is 30.3 Å². The van der Waals surface area contributed by atoms with E-state index in [2.05, 4.69) is 4.72 Å². The number of aryl methyl sites for hydroxylation is 1. The van der Waals surface area contributed by atoms with Gasteiger partial charge in [-0.25, -0.2) is 8.42 Å². The Labute approximate surface area is 159 Å². The largest absolute Gasteiger partial charge is 0.339 e. The van der Waals surface area contributed by atoms with Crippen molar-refractivity contribution in [3.8, 4) is 0 Å². The second-order valence-corrected chi connectivity index (χ2v) is 8.54. The molecule has 138 valence electrons. The van der Waals surface area contributed by atoms with Crippen molar-refractivity contribution in [2.45, 2.75) is 31.1 Å². The second kappa shape index (κ2) is 7.68. The van der Waals surface area contributed by atoms with Crippen LogP contribution in [-0.4, -0.2) is 32.3 Å². The van der Waals surface area contributed by atoms with E-state index >= 15 is 0 Å². The molecule has 0 unspecified atom stereocenters. The van der Waals surface area contributed by atoms with E-state index in [4.69, 9.17) is 11.6 Å². The summed E-state index contributed by atoms with van der Waals surface area (Å²) >= 11 is 6.04. The standard InChI is InChI=1S/C19H21ClN2O3S/c1-14-5-8-16(13-18(14)20)21-26(24,25)17-9-6-15(7-10-17)19(23)22-11-3-2-4-12-22/h5-10,13,21H,2-4,11-12H2,1H3. The molecule has 0 saturated carbocycles. The third kappa shape index (κ3) is 4.19. The lowest BCUT2D eigenvalue weighted by Gasteiger charge is -2.26. The number of carbonyl (C=O) groups is 1.